The lowest BCUT2D eigenvalue weighted by atomic mass is 10.3. The molecule has 3 heterocycles. The molecule has 0 saturated carbocycles. The van der Waals surface area contributed by atoms with Crippen LogP contribution in [0.25, 0.3) is 17.3 Å². The number of ether oxygens (including phenoxy) is 2. The SMILES string of the molecule is CCOC(=O)N1CCN(C(=O)CSc2nnc(-c3ccco3)n2-c2ccc(OCC)cc2)CC1. The first-order chi connectivity index (χ1) is 16.6. The zero-order valence-corrected chi connectivity index (χ0v) is 20.0. The average molecular weight is 486 g/mol. The number of benzene rings is 1. The second-order valence-corrected chi connectivity index (χ2v) is 8.34. The number of nitrogens with zero attached hydrogens (tertiary/aromatic N) is 5. The van der Waals surface area contributed by atoms with Crippen LogP contribution in [-0.2, 0) is 9.53 Å². The predicted molar refractivity (Wildman–Crippen MR) is 126 cm³/mol. The maximum absolute atomic E-state index is 12.9. The van der Waals surface area contributed by atoms with E-state index in [1.54, 1.807) is 29.1 Å². The summed E-state index contributed by atoms with van der Waals surface area (Å²) in [5, 5.41) is 9.22. The molecule has 0 spiro atoms. The van der Waals surface area contributed by atoms with E-state index in [4.69, 9.17) is 13.9 Å². The van der Waals surface area contributed by atoms with E-state index in [0.29, 0.717) is 56.1 Å². The number of hydrogen-bond acceptors (Lipinski definition) is 8. The van der Waals surface area contributed by atoms with Gasteiger partial charge in [-0.05, 0) is 50.2 Å². The molecule has 3 aromatic rings. The van der Waals surface area contributed by atoms with Crippen LogP contribution in [0.15, 0.2) is 52.2 Å². The molecule has 0 radical (unpaired) electrons. The fraction of sp³-hybridized carbons (Fsp3) is 0.391. The second-order valence-electron chi connectivity index (χ2n) is 7.40. The van der Waals surface area contributed by atoms with Gasteiger partial charge in [0.05, 0.1) is 30.9 Å². The zero-order chi connectivity index (χ0) is 23.9. The highest BCUT2D eigenvalue weighted by Crippen LogP contribution is 2.29. The third-order valence-electron chi connectivity index (χ3n) is 5.26. The Bertz CT molecular complexity index is 1090. The molecule has 4 rings (SSSR count). The Kier molecular flexibility index (Phi) is 7.73. The minimum absolute atomic E-state index is 0.0192. The Morgan fingerprint density at radius 3 is 2.38 bits per heavy atom. The Morgan fingerprint density at radius 2 is 1.74 bits per heavy atom. The van der Waals surface area contributed by atoms with Crippen molar-refractivity contribution in [2.24, 2.45) is 0 Å². The molecular formula is C23H27N5O5S. The fourth-order valence-electron chi connectivity index (χ4n) is 3.59. The molecule has 1 fully saturated rings. The summed E-state index contributed by atoms with van der Waals surface area (Å²) in [5.41, 5.74) is 0.831. The Morgan fingerprint density at radius 1 is 1.00 bits per heavy atom. The molecule has 0 aliphatic carbocycles. The highest BCUT2D eigenvalue weighted by Gasteiger charge is 2.26. The minimum atomic E-state index is -0.335. The molecule has 0 unspecified atom stereocenters. The first kappa shape index (κ1) is 23.7. The van der Waals surface area contributed by atoms with Gasteiger partial charge in [0.1, 0.15) is 5.75 Å². The number of piperazine rings is 1. The lowest BCUT2D eigenvalue weighted by molar-refractivity contribution is -0.129. The van der Waals surface area contributed by atoms with Crippen LogP contribution in [-0.4, -0.2) is 81.7 Å². The number of aromatic nitrogens is 3. The summed E-state index contributed by atoms with van der Waals surface area (Å²) in [4.78, 5) is 28.1. The molecule has 2 amide bonds. The maximum atomic E-state index is 12.9. The van der Waals surface area contributed by atoms with Gasteiger partial charge >= 0.3 is 6.09 Å². The van der Waals surface area contributed by atoms with Crippen LogP contribution in [0.2, 0.25) is 0 Å². The molecule has 0 N–H and O–H groups in total. The largest absolute Gasteiger partial charge is 0.494 e. The van der Waals surface area contributed by atoms with Crippen molar-refractivity contribution in [1.29, 1.82) is 0 Å². The molecule has 0 bridgehead atoms. The van der Waals surface area contributed by atoms with Gasteiger partial charge in [-0.2, -0.15) is 0 Å². The van der Waals surface area contributed by atoms with Gasteiger partial charge in [0.15, 0.2) is 10.9 Å². The molecule has 180 valence electrons. The topological polar surface area (TPSA) is 103 Å². The van der Waals surface area contributed by atoms with Gasteiger partial charge in [-0.1, -0.05) is 11.8 Å². The van der Waals surface area contributed by atoms with Crippen LogP contribution in [0.5, 0.6) is 5.75 Å². The lowest BCUT2D eigenvalue weighted by Crippen LogP contribution is -2.51. The van der Waals surface area contributed by atoms with Crippen LogP contribution in [0.1, 0.15) is 13.8 Å². The van der Waals surface area contributed by atoms with Crippen molar-refractivity contribution >= 4 is 23.8 Å². The standard InChI is InChI=1S/C23H27N5O5S/c1-3-31-18-9-7-17(8-10-18)28-21(19-6-5-15-33-19)24-25-22(28)34-16-20(29)26-11-13-27(14-12-26)23(30)32-4-2/h5-10,15H,3-4,11-14,16H2,1-2H3. The first-order valence-corrected chi connectivity index (χ1v) is 12.1. The Labute approximate surface area is 201 Å². The fourth-order valence-corrected chi connectivity index (χ4v) is 4.45. The molecule has 34 heavy (non-hydrogen) atoms. The average Bonchev–Trinajstić information content (AvgIpc) is 3.53. The number of hydrogen-bond donors (Lipinski definition) is 0. The van der Waals surface area contributed by atoms with Crippen LogP contribution < -0.4 is 4.74 Å². The van der Waals surface area contributed by atoms with Gasteiger partial charge in [0.2, 0.25) is 11.7 Å². The second kappa shape index (κ2) is 11.1. The maximum Gasteiger partial charge on any atom is 0.409 e. The summed E-state index contributed by atoms with van der Waals surface area (Å²) in [7, 11) is 0. The summed E-state index contributed by atoms with van der Waals surface area (Å²) in [6, 6.07) is 11.2. The number of amides is 2. The molecule has 1 aliphatic heterocycles. The van der Waals surface area contributed by atoms with Crippen molar-refractivity contribution in [2.45, 2.75) is 19.0 Å². The summed E-state index contributed by atoms with van der Waals surface area (Å²) in [6.07, 6.45) is 1.25. The van der Waals surface area contributed by atoms with Crippen molar-refractivity contribution in [2.75, 3.05) is 45.1 Å². The molecule has 2 aromatic heterocycles. The highest BCUT2D eigenvalue weighted by atomic mass is 32.2. The molecule has 0 atom stereocenters. The third-order valence-corrected chi connectivity index (χ3v) is 6.18. The van der Waals surface area contributed by atoms with E-state index in [2.05, 4.69) is 10.2 Å². The van der Waals surface area contributed by atoms with Crippen molar-refractivity contribution in [3.8, 4) is 23.0 Å². The van der Waals surface area contributed by atoms with E-state index in [-0.39, 0.29) is 17.8 Å². The molecule has 1 aliphatic rings. The smallest absolute Gasteiger partial charge is 0.409 e. The molecule has 11 heteroatoms. The molecular weight excluding hydrogens is 458 g/mol. The summed E-state index contributed by atoms with van der Waals surface area (Å²) in [5.74, 6) is 2.08. The van der Waals surface area contributed by atoms with E-state index in [9.17, 15) is 9.59 Å². The number of thioether (sulfide) groups is 1. The quantitative estimate of drug-likeness (QED) is 0.448. The van der Waals surface area contributed by atoms with Gasteiger partial charge in [-0.3, -0.25) is 9.36 Å². The summed E-state index contributed by atoms with van der Waals surface area (Å²) >= 11 is 1.31. The van der Waals surface area contributed by atoms with E-state index >= 15 is 0 Å². The highest BCUT2D eigenvalue weighted by molar-refractivity contribution is 7.99. The van der Waals surface area contributed by atoms with Crippen molar-refractivity contribution < 1.29 is 23.5 Å². The van der Waals surface area contributed by atoms with E-state index in [1.165, 1.54) is 11.8 Å². The van der Waals surface area contributed by atoms with Crippen LogP contribution in [0, 0.1) is 0 Å². The number of furan rings is 1. The van der Waals surface area contributed by atoms with Crippen LogP contribution >= 0.6 is 11.8 Å². The van der Waals surface area contributed by atoms with Crippen molar-refractivity contribution in [1.82, 2.24) is 24.6 Å². The summed E-state index contributed by atoms with van der Waals surface area (Å²) < 4.78 is 18.0. The van der Waals surface area contributed by atoms with Crippen molar-refractivity contribution in [3.05, 3.63) is 42.7 Å². The van der Waals surface area contributed by atoms with Crippen LogP contribution in [0.3, 0.4) is 0 Å². The first-order valence-electron chi connectivity index (χ1n) is 11.2. The summed E-state index contributed by atoms with van der Waals surface area (Å²) in [6.45, 7) is 6.50. The predicted octanol–water partition coefficient (Wildman–Crippen LogP) is 3.32. The van der Waals surface area contributed by atoms with Crippen LogP contribution in [0.4, 0.5) is 4.79 Å². The van der Waals surface area contributed by atoms with Gasteiger partial charge in [0, 0.05) is 26.2 Å². The Balaban J connectivity index is 1.46. The van der Waals surface area contributed by atoms with Crippen molar-refractivity contribution in [3.63, 3.8) is 0 Å². The molecule has 1 aromatic carbocycles. The minimum Gasteiger partial charge on any atom is -0.494 e. The number of carbonyl (C=O) groups is 2. The van der Waals surface area contributed by atoms with E-state index < -0.39 is 0 Å². The van der Waals surface area contributed by atoms with Gasteiger partial charge in [-0.15, -0.1) is 10.2 Å². The van der Waals surface area contributed by atoms with Gasteiger partial charge in [0.25, 0.3) is 0 Å². The molecule has 10 nitrogen and oxygen atoms in total. The monoisotopic (exact) mass is 485 g/mol. The Hall–Kier alpha value is -3.47. The normalized spacial score (nSPS) is 13.7. The van der Waals surface area contributed by atoms with Gasteiger partial charge in [-0.25, -0.2) is 4.79 Å². The number of carbonyl (C=O) groups excluding carboxylic acids is 2. The third kappa shape index (κ3) is 5.36. The molecule has 1 saturated heterocycles. The number of rotatable bonds is 8. The van der Waals surface area contributed by atoms with Gasteiger partial charge < -0.3 is 23.7 Å². The lowest BCUT2D eigenvalue weighted by Gasteiger charge is -2.34. The zero-order valence-electron chi connectivity index (χ0n) is 19.2. The van der Waals surface area contributed by atoms with E-state index in [1.807, 2.05) is 41.8 Å². The van der Waals surface area contributed by atoms with E-state index in [0.717, 1.165) is 11.4 Å².